The van der Waals surface area contributed by atoms with Gasteiger partial charge in [0.25, 0.3) is 5.91 Å². The van der Waals surface area contributed by atoms with E-state index in [0.717, 1.165) is 31.4 Å². The van der Waals surface area contributed by atoms with E-state index in [2.05, 4.69) is 11.0 Å². The van der Waals surface area contributed by atoms with Gasteiger partial charge in [0.2, 0.25) is 0 Å². The van der Waals surface area contributed by atoms with Crippen molar-refractivity contribution in [2.24, 2.45) is 0 Å². The number of hydrogen-bond acceptors (Lipinski definition) is 5. The van der Waals surface area contributed by atoms with Crippen LogP contribution in [-0.4, -0.2) is 43.1 Å². The normalized spacial score (nSPS) is 22.0. The fourth-order valence-corrected chi connectivity index (χ4v) is 2.68. The molecule has 0 bridgehead atoms. The van der Waals surface area contributed by atoms with E-state index in [1.54, 1.807) is 0 Å². The first-order chi connectivity index (χ1) is 11.2. The Morgan fingerprint density at radius 3 is 2.74 bits per heavy atom. The molecule has 0 aliphatic carbocycles. The van der Waals surface area contributed by atoms with Crippen molar-refractivity contribution in [2.75, 3.05) is 20.2 Å². The number of nitrogens with zero attached hydrogens (tertiary/aromatic N) is 1. The number of benzene rings is 1. The second kappa shape index (κ2) is 9.62. The van der Waals surface area contributed by atoms with Crippen molar-refractivity contribution in [2.45, 2.75) is 44.9 Å². The molecule has 6 heteroatoms. The molecule has 1 unspecified atom stereocenters. The maximum absolute atomic E-state index is 12.1. The molecule has 1 aliphatic rings. The lowest BCUT2D eigenvalue weighted by atomic mass is 9.99. The lowest BCUT2D eigenvalue weighted by molar-refractivity contribution is -0.140. The van der Waals surface area contributed by atoms with Gasteiger partial charge in [0.05, 0.1) is 19.3 Å². The van der Waals surface area contributed by atoms with E-state index in [1.807, 2.05) is 49.2 Å². The van der Waals surface area contributed by atoms with Gasteiger partial charge in [-0.15, -0.1) is 0 Å². The summed E-state index contributed by atoms with van der Waals surface area (Å²) in [6, 6.07) is 10.1. The summed E-state index contributed by atoms with van der Waals surface area (Å²) in [6.45, 7) is 3.85. The summed E-state index contributed by atoms with van der Waals surface area (Å²) in [6.07, 6.45) is 2.56. The molecule has 2 rings (SSSR count). The predicted octanol–water partition coefficient (Wildman–Crippen LogP) is 1.63. The number of amides is 1. The zero-order chi connectivity index (χ0) is 16.5. The third kappa shape index (κ3) is 5.91. The Morgan fingerprint density at radius 2 is 2.04 bits per heavy atom. The van der Waals surface area contributed by atoms with Crippen molar-refractivity contribution >= 4 is 5.91 Å². The number of hydroxylamine groups is 2. The van der Waals surface area contributed by atoms with E-state index in [-0.39, 0.29) is 18.0 Å². The zero-order valence-corrected chi connectivity index (χ0v) is 14.0. The quantitative estimate of drug-likeness (QED) is 0.563. The smallest absolute Gasteiger partial charge is 0.260 e. The zero-order valence-electron chi connectivity index (χ0n) is 14.0. The molecule has 0 saturated carbocycles. The molecule has 2 atom stereocenters. The molecule has 128 valence electrons. The Kier molecular flexibility index (Phi) is 7.48. The lowest BCUT2D eigenvalue weighted by Gasteiger charge is -2.36. The van der Waals surface area contributed by atoms with Crippen LogP contribution in [0.4, 0.5) is 0 Å². The van der Waals surface area contributed by atoms with Crippen molar-refractivity contribution in [1.82, 2.24) is 15.9 Å². The number of rotatable bonds is 8. The van der Waals surface area contributed by atoms with Gasteiger partial charge in [0.15, 0.2) is 0 Å². The molecule has 1 fully saturated rings. The molecule has 2 N–H and O–H groups in total. The topological polar surface area (TPSA) is 62.8 Å². The monoisotopic (exact) mass is 321 g/mol. The second-order valence-corrected chi connectivity index (χ2v) is 5.94. The standard InChI is InChI=1S/C17H27N3O3/c1-3-11-22-19-17(21)16-10-9-15(12-20(16)2)18-23-13-14-7-5-4-6-8-14/h4-8,15-16,18H,3,9-13H2,1-2H3,(H,19,21)/t15-,16?/m1/s1. The Hall–Kier alpha value is -1.47. The molecule has 23 heavy (non-hydrogen) atoms. The van der Waals surface area contributed by atoms with Crippen molar-refractivity contribution in [3.63, 3.8) is 0 Å². The van der Waals surface area contributed by atoms with Gasteiger partial charge in [0.1, 0.15) is 0 Å². The summed E-state index contributed by atoms with van der Waals surface area (Å²) >= 11 is 0. The van der Waals surface area contributed by atoms with Gasteiger partial charge < -0.3 is 0 Å². The largest absolute Gasteiger partial charge is 0.297 e. The van der Waals surface area contributed by atoms with Crippen LogP contribution in [0, 0.1) is 0 Å². The van der Waals surface area contributed by atoms with Crippen LogP contribution in [0.2, 0.25) is 0 Å². The van der Waals surface area contributed by atoms with E-state index in [4.69, 9.17) is 9.68 Å². The summed E-state index contributed by atoms with van der Waals surface area (Å²) in [4.78, 5) is 24.8. The first kappa shape index (κ1) is 17.9. The van der Waals surface area contributed by atoms with Gasteiger partial charge in [-0.3, -0.25) is 19.4 Å². The third-order valence-corrected chi connectivity index (χ3v) is 3.94. The third-order valence-electron chi connectivity index (χ3n) is 3.94. The number of hydrogen-bond donors (Lipinski definition) is 2. The van der Waals surface area contributed by atoms with E-state index >= 15 is 0 Å². The fourth-order valence-electron chi connectivity index (χ4n) is 2.68. The first-order valence-corrected chi connectivity index (χ1v) is 8.23. The van der Waals surface area contributed by atoms with Crippen molar-refractivity contribution in [3.05, 3.63) is 35.9 Å². The number of nitrogens with one attached hydrogen (secondary N) is 2. The van der Waals surface area contributed by atoms with Gasteiger partial charge >= 0.3 is 0 Å². The highest BCUT2D eigenvalue weighted by Gasteiger charge is 2.30. The van der Waals surface area contributed by atoms with E-state index in [1.165, 1.54) is 0 Å². The van der Waals surface area contributed by atoms with Crippen LogP contribution in [0.3, 0.4) is 0 Å². The molecule has 1 aromatic rings. The SMILES string of the molecule is CCCONC(=O)C1CC[C@@H](NOCc2ccccc2)CN1C. The summed E-state index contributed by atoms with van der Waals surface area (Å²) in [5, 5.41) is 0. The van der Waals surface area contributed by atoms with Gasteiger partial charge in [-0.2, -0.15) is 5.48 Å². The van der Waals surface area contributed by atoms with Crippen molar-refractivity contribution in [3.8, 4) is 0 Å². The number of carbonyl (C=O) groups is 1. The summed E-state index contributed by atoms with van der Waals surface area (Å²) in [7, 11) is 1.95. The Balaban J connectivity index is 1.68. The molecule has 0 radical (unpaired) electrons. The van der Waals surface area contributed by atoms with Crippen LogP contribution >= 0.6 is 0 Å². The number of likely N-dealkylation sites (tertiary alicyclic amines) is 1. The summed E-state index contributed by atoms with van der Waals surface area (Å²) in [5.41, 5.74) is 6.77. The van der Waals surface area contributed by atoms with Crippen molar-refractivity contribution < 1.29 is 14.5 Å². The van der Waals surface area contributed by atoms with Gasteiger partial charge in [-0.25, -0.2) is 5.48 Å². The molecule has 0 aromatic heterocycles. The van der Waals surface area contributed by atoms with E-state index in [9.17, 15) is 4.79 Å². The molecular formula is C17H27N3O3. The van der Waals surface area contributed by atoms with E-state index < -0.39 is 0 Å². The minimum Gasteiger partial charge on any atom is -0.297 e. The van der Waals surface area contributed by atoms with Crippen LogP contribution < -0.4 is 11.0 Å². The van der Waals surface area contributed by atoms with Crippen LogP contribution in [-0.2, 0) is 21.1 Å². The highest BCUT2D eigenvalue weighted by Crippen LogP contribution is 2.16. The molecule has 1 amide bonds. The van der Waals surface area contributed by atoms with Gasteiger partial charge in [-0.1, -0.05) is 37.3 Å². The molecule has 1 heterocycles. The maximum atomic E-state index is 12.1. The number of piperidine rings is 1. The number of carbonyl (C=O) groups excluding carboxylic acids is 1. The minimum absolute atomic E-state index is 0.0652. The molecule has 6 nitrogen and oxygen atoms in total. The second-order valence-electron chi connectivity index (χ2n) is 5.94. The van der Waals surface area contributed by atoms with Gasteiger partial charge in [-0.05, 0) is 31.9 Å². The average Bonchev–Trinajstić information content (AvgIpc) is 2.56. The molecule has 1 aliphatic heterocycles. The maximum Gasteiger partial charge on any atom is 0.260 e. The van der Waals surface area contributed by atoms with Crippen molar-refractivity contribution in [1.29, 1.82) is 0 Å². The molecule has 1 aromatic carbocycles. The summed E-state index contributed by atoms with van der Waals surface area (Å²) in [5.74, 6) is -0.0652. The Morgan fingerprint density at radius 1 is 1.26 bits per heavy atom. The first-order valence-electron chi connectivity index (χ1n) is 8.23. The van der Waals surface area contributed by atoms with Crippen LogP contribution in [0.25, 0.3) is 0 Å². The van der Waals surface area contributed by atoms with Crippen LogP contribution in [0.15, 0.2) is 30.3 Å². The van der Waals surface area contributed by atoms with E-state index in [0.29, 0.717) is 13.2 Å². The Bertz CT molecular complexity index is 469. The highest BCUT2D eigenvalue weighted by atomic mass is 16.7. The van der Waals surface area contributed by atoms with Gasteiger partial charge in [0, 0.05) is 12.6 Å². The summed E-state index contributed by atoms with van der Waals surface area (Å²) < 4.78 is 0. The average molecular weight is 321 g/mol. The van der Waals surface area contributed by atoms with Crippen LogP contribution in [0.5, 0.6) is 0 Å². The highest BCUT2D eigenvalue weighted by molar-refractivity contribution is 5.80. The molecule has 1 saturated heterocycles. The predicted molar refractivity (Wildman–Crippen MR) is 88.2 cm³/mol. The fraction of sp³-hybridized carbons (Fsp3) is 0.588. The Labute approximate surface area is 138 Å². The van der Waals surface area contributed by atoms with Crippen LogP contribution in [0.1, 0.15) is 31.7 Å². The molecule has 0 spiro atoms. The molecular weight excluding hydrogens is 294 g/mol. The number of likely N-dealkylation sites (N-methyl/N-ethyl adjacent to an activating group) is 1. The lowest BCUT2D eigenvalue weighted by Crippen LogP contribution is -2.54. The minimum atomic E-state index is -0.140.